The zero-order valence-electron chi connectivity index (χ0n) is 12.0. The van der Waals surface area contributed by atoms with Gasteiger partial charge in [0, 0.05) is 24.6 Å². The van der Waals surface area contributed by atoms with Gasteiger partial charge in [0.2, 0.25) is 0 Å². The molecule has 0 aromatic carbocycles. The highest BCUT2D eigenvalue weighted by molar-refractivity contribution is 7.08. The van der Waals surface area contributed by atoms with E-state index < -0.39 is 0 Å². The normalized spacial score (nSPS) is 31.3. The molecule has 1 heterocycles. The van der Waals surface area contributed by atoms with Gasteiger partial charge in [-0.2, -0.15) is 11.3 Å². The van der Waals surface area contributed by atoms with E-state index in [1.807, 2.05) is 0 Å². The SMILES string of the molecule is CCOC1CC(NCc2cscc2C)C1(C)CC. The van der Waals surface area contributed by atoms with E-state index in [0.29, 0.717) is 17.6 Å². The first-order chi connectivity index (χ1) is 8.61. The molecule has 1 aromatic heterocycles. The molecule has 1 fully saturated rings. The molecule has 1 N–H and O–H groups in total. The van der Waals surface area contributed by atoms with Gasteiger partial charge in [0.15, 0.2) is 0 Å². The van der Waals surface area contributed by atoms with Crippen molar-refractivity contribution in [1.82, 2.24) is 5.32 Å². The predicted octanol–water partition coefficient (Wildman–Crippen LogP) is 3.74. The number of hydrogen-bond donors (Lipinski definition) is 1. The van der Waals surface area contributed by atoms with Crippen molar-refractivity contribution in [3.63, 3.8) is 0 Å². The van der Waals surface area contributed by atoms with Crippen LogP contribution in [-0.2, 0) is 11.3 Å². The summed E-state index contributed by atoms with van der Waals surface area (Å²) in [6.45, 7) is 10.7. The molecule has 102 valence electrons. The molecule has 0 bridgehead atoms. The Bertz CT molecular complexity index is 390. The summed E-state index contributed by atoms with van der Waals surface area (Å²) in [6.07, 6.45) is 2.77. The highest BCUT2D eigenvalue weighted by Crippen LogP contribution is 2.46. The van der Waals surface area contributed by atoms with Crippen molar-refractivity contribution in [2.45, 2.75) is 59.2 Å². The van der Waals surface area contributed by atoms with E-state index in [2.05, 4.69) is 43.8 Å². The van der Waals surface area contributed by atoms with E-state index in [9.17, 15) is 0 Å². The summed E-state index contributed by atoms with van der Waals surface area (Å²) in [5.41, 5.74) is 3.16. The van der Waals surface area contributed by atoms with Crippen LogP contribution >= 0.6 is 11.3 Å². The lowest BCUT2D eigenvalue weighted by molar-refractivity contribution is -0.126. The van der Waals surface area contributed by atoms with E-state index in [-0.39, 0.29) is 0 Å². The average Bonchev–Trinajstić information content (AvgIpc) is 2.77. The lowest BCUT2D eigenvalue weighted by atomic mass is 9.61. The van der Waals surface area contributed by atoms with Crippen molar-refractivity contribution in [3.05, 3.63) is 21.9 Å². The molecule has 0 aliphatic heterocycles. The molecular weight excluding hydrogens is 242 g/mol. The Kier molecular flexibility index (Phi) is 4.46. The van der Waals surface area contributed by atoms with Crippen LogP contribution in [0.2, 0.25) is 0 Å². The third-order valence-electron chi connectivity index (χ3n) is 4.61. The average molecular weight is 267 g/mol. The number of aryl methyl sites for hydroxylation is 1. The Hall–Kier alpha value is -0.380. The maximum atomic E-state index is 5.84. The first-order valence-corrected chi connectivity index (χ1v) is 7.92. The molecule has 3 heteroatoms. The molecule has 3 atom stereocenters. The van der Waals surface area contributed by atoms with Gasteiger partial charge in [0.1, 0.15) is 0 Å². The zero-order valence-corrected chi connectivity index (χ0v) is 12.8. The summed E-state index contributed by atoms with van der Waals surface area (Å²) in [4.78, 5) is 0. The van der Waals surface area contributed by atoms with Crippen LogP contribution in [0.3, 0.4) is 0 Å². The lowest BCUT2D eigenvalue weighted by Crippen LogP contribution is -2.61. The van der Waals surface area contributed by atoms with E-state index in [0.717, 1.165) is 19.6 Å². The quantitative estimate of drug-likeness (QED) is 0.848. The van der Waals surface area contributed by atoms with Crippen LogP contribution in [-0.4, -0.2) is 18.8 Å². The monoisotopic (exact) mass is 267 g/mol. The van der Waals surface area contributed by atoms with Gasteiger partial charge in [-0.05, 0) is 48.6 Å². The first-order valence-electron chi connectivity index (χ1n) is 6.98. The van der Waals surface area contributed by atoms with Crippen LogP contribution in [0.15, 0.2) is 10.8 Å². The Labute approximate surface area is 115 Å². The zero-order chi connectivity index (χ0) is 13.2. The number of thiophene rings is 1. The Morgan fingerprint density at radius 1 is 1.44 bits per heavy atom. The molecule has 0 saturated heterocycles. The van der Waals surface area contributed by atoms with Gasteiger partial charge in [-0.15, -0.1) is 0 Å². The van der Waals surface area contributed by atoms with E-state index in [1.54, 1.807) is 11.3 Å². The van der Waals surface area contributed by atoms with Crippen LogP contribution in [0, 0.1) is 12.3 Å². The van der Waals surface area contributed by atoms with E-state index in [4.69, 9.17) is 4.74 Å². The van der Waals surface area contributed by atoms with Crippen molar-refractivity contribution in [2.24, 2.45) is 5.41 Å². The summed E-state index contributed by atoms with van der Waals surface area (Å²) in [5, 5.41) is 8.20. The fourth-order valence-electron chi connectivity index (χ4n) is 2.87. The third kappa shape index (κ3) is 2.49. The molecule has 2 rings (SSSR count). The third-order valence-corrected chi connectivity index (χ3v) is 5.52. The summed E-state index contributed by atoms with van der Waals surface area (Å²) in [5.74, 6) is 0. The van der Waals surface area contributed by atoms with Crippen molar-refractivity contribution >= 4 is 11.3 Å². The smallest absolute Gasteiger partial charge is 0.0658 e. The topological polar surface area (TPSA) is 21.3 Å². The van der Waals surface area contributed by atoms with Crippen LogP contribution in [0.1, 0.15) is 44.7 Å². The molecule has 1 aliphatic rings. The molecule has 1 aliphatic carbocycles. The summed E-state index contributed by atoms with van der Waals surface area (Å²) in [6, 6.07) is 0.596. The van der Waals surface area contributed by atoms with Gasteiger partial charge >= 0.3 is 0 Å². The molecule has 18 heavy (non-hydrogen) atoms. The number of nitrogens with one attached hydrogen (secondary N) is 1. The second kappa shape index (κ2) is 5.72. The maximum Gasteiger partial charge on any atom is 0.0658 e. The molecule has 2 nitrogen and oxygen atoms in total. The van der Waals surface area contributed by atoms with Crippen molar-refractivity contribution < 1.29 is 4.74 Å². The molecular formula is C15H25NOS. The van der Waals surface area contributed by atoms with Crippen LogP contribution < -0.4 is 5.32 Å². The summed E-state index contributed by atoms with van der Waals surface area (Å²) in [7, 11) is 0. The standard InChI is InChI=1S/C15H25NOS/c1-5-15(4)13(7-14(15)17-6-2)16-8-12-10-18-9-11(12)3/h9-10,13-14,16H,5-8H2,1-4H3. The fraction of sp³-hybridized carbons (Fsp3) is 0.733. The van der Waals surface area contributed by atoms with Crippen LogP contribution in [0.4, 0.5) is 0 Å². The van der Waals surface area contributed by atoms with Crippen LogP contribution in [0.5, 0.6) is 0 Å². The van der Waals surface area contributed by atoms with Crippen molar-refractivity contribution in [2.75, 3.05) is 6.61 Å². The maximum absolute atomic E-state index is 5.84. The van der Waals surface area contributed by atoms with Gasteiger partial charge in [-0.3, -0.25) is 0 Å². The van der Waals surface area contributed by atoms with Gasteiger partial charge in [0.25, 0.3) is 0 Å². The predicted molar refractivity (Wildman–Crippen MR) is 78.1 cm³/mol. The Balaban J connectivity index is 1.89. The number of rotatable bonds is 6. The minimum absolute atomic E-state index is 0.305. The summed E-state index contributed by atoms with van der Waals surface area (Å²) >= 11 is 1.79. The van der Waals surface area contributed by atoms with E-state index >= 15 is 0 Å². The molecule has 0 spiro atoms. The van der Waals surface area contributed by atoms with Crippen molar-refractivity contribution in [3.8, 4) is 0 Å². The summed E-state index contributed by atoms with van der Waals surface area (Å²) < 4.78 is 5.84. The molecule has 0 amide bonds. The van der Waals surface area contributed by atoms with Gasteiger partial charge in [-0.1, -0.05) is 13.8 Å². The Morgan fingerprint density at radius 3 is 2.78 bits per heavy atom. The highest BCUT2D eigenvalue weighted by atomic mass is 32.1. The minimum atomic E-state index is 0.305. The molecule has 0 radical (unpaired) electrons. The molecule has 3 unspecified atom stereocenters. The van der Waals surface area contributed by atoms with Crippen LogP contribution in [0.25, 0.3) is 0 Å². The number of hydrogen-bond acceptors (Lipinski definition) is 3. The highest BCUT2D eigenvalue weighted by Gasteiger charge is 2.50. The van der Waals surface area contributed by atoms with Gasteiger partial charge in [-0.25, -0.2) is 0 Å². The Morgan fingerprint density at radius 2 is 2.22 bits per heavy atom. The molecule has 1 saturated carbocycles. The largest absolute Gasteiger partial charge is 0.378 e. The minimum Gasteiger partial charge on any atom is -0.378 e. The van der Waals surface area contributed by atoms with Gasteiger partial charge < -0.3 is 10.1 Å². The van der Waals surface area contributed by atoms with Gasteiger partial charge in [0.05, 0.1) is 6.10 Å². The molecule has 1 aromatic rings. The second-order valence-corrected chi connectivity index (χ2v) is 6.30. The second-order valence-electron chi connectivity index (χ2n) is 5.55. The van der Waals surface area contributed by atoms with Crippen molar-refractivity contribution in [1.29, 1.82) is 0 Å². The number of ether oxygens (including phenoxy) is 1. The van der Waals surface area contributed by atoms with E-state index in [1.165, 1.54) is 17.5 Å². The lowest BCUT2D eigenvalue weighted by Gasteiger charge is -2.53. The first kappa shape index (κ1) is 14.0. The fourth-order valence-corrected chi connectivity index (χ4v) is 3.72.